The van der Waals surface area contributed by atoms with Crippen molar-refractivity contribution in [2.75, 3.05) is 17.2 Å². The van der Waals surface area contributed by atoms with Crippen molar-refractivity contribution in [3.63, 3.8) is 0 Å². The van der Waals surface area contributed by atoms with Gasteiger partial charge in [-0.1, -0.05) is 37.0 Å². The maximum atomic E-state index is 12.6. The zero-order valence-corrected chi connectivity index (χ0v) is 14.2. The number of rotatable bonds is 5. The zero-order valence-electron chi connectivity index (χ0n) is 14.2. The van der Waals surface area contributed by atoms with Gasteiger partial charge in [0.15, 0.2) is 0 Å². The fourth-order valence-corrected chi connectivity index (χ4v) is 3.20. The molecular formula is C20H25N3O. The fraction of sp³-hybridized carbons (Fsp3) is 0.400. The minimum absolute atomic E-state index is 0.127. The molecule has 0 bridgehead atoms. The van der Waals surface area contributed by atoms with Crippen LogP contribution >= 0.6 is 0 Å². The highest BCUT2D eigenvalue weighted by Gasteiger charge is 2.16. The van der Waals surface area contributed by atoms with E-state index in [2.05, 4.69) is 15.6 Å². The molecule has 2 N–H and O–H groups in total. The van der Waals surface area contributed by atoms with Crippen molar-refractivity contribution in [2.45, 2.75) is 39.0 Å². The topological polar surface area (TPSA) is 54.0 Å². The largest absolute Gasteiger partial charge is 0.369 e. The summed E-state index contributed by atoms with van der Waals surface area (Å²) < 4.78 is 0. The number of aryl methyl sites for hydroxylation is 1. The summed E-state index contributed by atoms with van der Waals surface area (Å²) in [6, 6.07) is 11.4. The Morgan fingerprint density at radius 3 is 2.62 bits per heavy atom. The highest BCUT2D eigenvalue weighted by Crippen LogP contribution is 2.24. The number of anilines is 2. The molecule has 1 aromatic carbocycles. The van der Waals surface area contributed by atoms with Crippen molar-refractivity contribution in [1.29, 1.82) is 0 Å². The molecular weight excluding hydrogens is 298 g/mol. The quantitative estimate of drug-likeness (QED) is 0.843. The number of carbonyl (C=O) groups excluding carboxylic acids is 1. The first-order valence-electron chi connectivity index (χ1n) is 8.79. The van der Waals surface area contributed by atoms with Gasteiger partial charge in [0.2, 0.25) is 0 Å². The maximum Gasteiger partial charge on any atom is 0.259 e. The SMILES string of the molecule is Cc1ccc(NC(=O)c2cccnc2NCC2CCCCC2)cc1. The van der Waals surface area contributed by atoms with E-state index >= 15 is 0 Å². The molecule has 0 aliphatic heterocycles. The lowest BCUT2D eigenvalue weighted by Gasteiger charge is -2.22. The van der Waals surface area contributed by atoms with Crippen molar-refractivity contribution in [1.82, 2.24) is 4.98 Å². The number of carbonyl (C=O) groups is 1. The first-order chi connectivity index (χ1) is 11.7. The number of hydrogen-bond donors (Lipinski definition) is 2. The van der Waals surface area contributed by atoms with E-state index in [-0.39, 0.29) is 5.91 Å². The first kappa shape index (κ1) is 16.5. The van der Waals surface area contributed by atoms with Gasteiger partial charge in [-0.3, -0.25) is 4.79 Å². The number of nitrogens with one attached hydrogen (secondary N) is 2. The molecule has 1 saturated carbocycles. The molecule has 1 amide bonds. The fourth-order valence-electron chi connectivity index (χ4n) is 3.20. The smallest absolute Gasteiger partial charge is 0.259 e. The summed E-state index contributed by atoms with van der Waals surface area (Å²) in [4.78, 5) is 16.9. The number of benzene rings is 1. The Bertz CT molecular complexity index is 676. The summed E-state index contributed by atoms with van der Waals surface area (Å²) in [6.07, 6.45) is 8.25. The Kier molecular flexibility index (Phi) is 5.47. The Hall–Kier alpha value is -2.36. The predicted octanol–water partition coefficient (Wildman–Crippen LogP) is 4.63. The maximum absolute atomic E-state index is 12.6. The minimum Gasteiger partial charge on any atom is -0.369 e. The lowest BCUT2D eigenvalue weighted by Crippen LogP contribution is -2.20. The molecule has 1 aliphatic carbocycles. The number of aromatic nitrogens is 1. The molecule has 1 aromatic heterocycles. The molecule has 1 heterocycles. The van der Waals surface area contributed by atoms with Crippen LogP contribution in [-0.2, 0) is 0 Å². The van der Waals surface area contributed by atoms with Crippen LogP contribution in [-0.4, -0.2) is 17.4 Å². The summed E-state index contributed by atoms with van der Waals surface area (Å²) >= 11 is 0. The molecule has 126 valence electrons. The van der Waals surface area contributed by atoms with Crippen molar-refractivity contribution < 1.29 is 4.79 Å². The Balaban J connectivity index is 1.66. The van der Waals surface area contributed by atoms with Crippen LogP contribution in [0.2, 0.25) is 0 Å². The predicted molar refractivity (Wildman–Crippen MR) is 98.4 cm³/mol. The number of amides is 1. The molecule has 0 atom stereocenters. The normalized spacial score (nSPS) is 15.0. The van der Waals surface area contributed by atoms with Gasteiger partial charge >= 0.3 is 0 Å². The molecule has 0 saturated heterocycles. The molecule has 2 aromatic rings. The summed E-state index contributed by atoms with van der Waals surface area (Å²) in [7, 11) is 0. The third-order valence-electron chi connectivity index (χ3n) is 4.64. The molecule has 4 heteroatoms. The number of hydrogen-bond acceptors (Lipinski definition) is 3. The van der Waals surface area contributed by atoms with Crippen molar-refractivity contribution in [2.24, 2.45) is 5.92 Å². The average Bonchev–Trinajstić information content (AvgIpc) is 2.63. The van der Waals surface area contributed by atoms with E-state index in [0.29, 0.717) is 17.3 Å². The number of pyridine rings is 1. The Labute approximate surface area is 143 Å². The Morgan fingerprint density at radius 2 is 1.88 bits per heavy atom. The van der Waals surface area contributed by atoms with Gasteiger partial charge in [0, 0.05) is 18.4 Å². The molecule has 1 aliphatic rings. The Morgan fingerprint density at radius 1 is 1.12 bits per heavy atom. The van der Waals surface area contributed by atoms with Crippen LogP contribution in [0.15, 0.2) is 42.6 Å². The van der Waals surface area contributed by atoms with Gasteiger partial charge in [-0.15, -0.1) is 0 Å². The van der Waals surface area contributed by atoms with Crippen molar-refractivity contribution >= 4 is 17.4 Å². The lowest BCUT2D eigenvalue weighted by atomic mass is 9.89. The average molecular weight is 323 g/mol. The van der Waals surface area contributed by atoms with Gasteiger partial charge in [-0.2, -0.15) is 0 Å². The highest BCUT2D eigenvalue weighted by molar-refractivity contribution is 6.07. The molecule has 4 nitrogen and oxygen atoms in total. The standard InChI is InChI=1S/C20H25N3O/c1-15-9-11-17(12-10-15)23-20(24)18-8-5-13-21-19(18)22-14-16-6-3-2-4-7-16/h5,8-13,16H,2-4,6-7,14H2,1H3,(H,21,22)(H,23,24). The summed E-state index contributed by atoms with van der Waals surface area (Å²) in [6.45, 7) is 2.92. The van der Waals surface area contributed by atoms with Crippen LogP contribution in [0.25, 0.3) is 0 Å². The lowest BCUT2D eigenvalue weighted by molar-refractivity contribution is 0.102. The van der Waals surface area contributed by atoms with Gasteiger partial charge < -0.3 is 10.6 Å². The monoisotopic (exact) mass is 323 g/mol. The van der Waals surface area contributed by atoms with Crippen LogP contribution in [0.1, 0.15) is 48.0 Å². The van der Waals surface area contributed by atoms with E-state index in [4.69, 9.17) is 0 Å². The van der Waals surface area contributed by atoms with Crippen LogP contribution in [0.3, 0.4) is 0 Å². The second-order valence-corrected chi connectivity index (χ2v) is 6.60. The minimum atomic E-state index is -0.127. The second-order valence-electron chi connectivity index (χ2n) is 6.60. The van der Waals surface area contributed by atoms with E-state index in [1.807, 2.05) is 37.3 Å². The van der Waals surface area contributed by atoms with Crippen LogP contribution in [0.4, 0.5) is 11.5 Å². The van der Waals surface area contributed by atoms with E-state index in [1.54, 1.807) is 12.3 Å². The highest BCUT2D eigenvalue weighted by atomic mass is 16.1. The van der Waals surface area contributed by atoms with E-state index in [0.717, 1.165) is 12.2 Å². The van der Waals surface area contributed by atoms with Crippen LogP contribution < -0.4 is 10.6 Å². The van der Waals surface area contributed by atoms with E-state index in [1.165, 1.54) is 37.7 Å². The van der Waals surface area contributed by atoms with Gasteiger partial charge in [0.05, 0.1) is 5.56 Å². The van der Waals surface area contributed by atoms with Gasteiger partial charge in [-0.05, 0) is 49.9 Å². The van der Waals surface area contributed by atoms with Gasteiger partial charge in [0.1, 0.15) is 5.82 Å². The molecule has 0 spiro atoms. The molecule has 0 radical (unpaired) electrons. The van der Waals surface area contributed by atoms with Crippen LogP contribution in [0, 0.1) is 12.8 Å². The van der Waals surface area contributed by atoms with Gasteiger partial charge in [-0.25, -0.2) is 4.98 Å². The molecule has 3 rings (SSSR count). The molecule has 0 unspecified atom stereocenters. The van der Waals surface area contributed by atoms with E-state index in [9.17, 15) is 4.79 Å². The van der Waals surface area contributed by atoms with E-state index < -0.39 is 0 Å². The number of nitrogens with zero attached hydrogens (tertiary/aromatic N) is 1. The molecule has 1 fully saturated rings. The van der Waals surface area contributed by atoms with Crippen LogP contribution in [0.5, 0.6) is 0 Å². The van der Waals surface area contributed by atoms with Crippen molar-refractivity contribution in [3.8, 4) is 0 Å². The summed E-state index contributed by atoms with van der Waals surface area (Å²) in [5, 5.41) is 6.33. The zero-order chi connectivity index (χ0) is 16.8. The van der Waals surface area contributed by atoms with Crippen molar-refractivity contribution in [3.05, 3.63) is 53.7 Å². The first-order valence-corrected chi connectivity index (χ1v) is 8.79. The second kappa shape index (κ2) is 7.95. The summed E-state index contributed by atoms with van der Waals surface area (Å²) in [5.74, 6) is 1.24. The third kappa shape index (κ3) is 4.34. The summed E-state index contributed by atoms with van der Waals surface area (Å²) in [5.41, 5.74) is 2.56. The van der Waals surface area contributed by atoms with Gasteiger partial charge in [0.25, 0.3) is 5.91 Å². The third-order valence-corrected chi connectivity index (χ3v) is 4.64. The molecule has 24 heavy (non-hydrogen) atoms.